The first-order valence-electron chi connectivity index (χ1n) is 15.5. The van der Waals surface area contributed by atoms with Crippen LogP contribution in [-0.2, 0) is 25.0 Å². The van der Waals surface area contributed by atoms with Gasteiger partial charge in [0.2, 0.25) is 0 Å². The van der Waals surface area contributed by atoms with E-state index < -0.39 is 5.41 Å². The largest absolute Gasteiger partial charge is 0.491 e. The average molecular weight is 593 g/mol. The third-order valence-corrected chi connectivity index (χ3v) is 9.14. The Morgan fingerprint density at radius 3 is 1.00 bits per heavy atom. The van der Waals surface area contributed by atoms with Gasteiger partial charge in [-0.05, 0) is 71.1 Å². The lowest BCUT2D eigenvalue weighted by molar-refractivity contribution is 0.263. The van der Waals surface area contributed by atoms with Gasteiger partial charge < -0.3 is 28.4 Å². The first-order valence-corrected chi connectivity index (χ1v) is 15.5. The highest BCUT2D eigenvalue weighted by Crippen LogP contribution is 2.41. The van der Waals surface area contributed by atoms with Crippen LogP contribution in [0.15, 0.2) is 97.1 Å². The van der Waals surface area contributed by atoms with Crippen molar-refractivity contribution in [1.29, 1.82) is 0 Å². The van der Waals surface area contributed by atoms with Crippen LogP contribution in [0, 0.1) is 0 Å². The molecule has 0 amide bonds. The molecule has 44 heavy (non-hydrogen) atoms. The minimum Gasteiger partial charge on any atom is -0.491 e. The zero-order valence-corrected chi connectivity index (χ0v) is 25.7. The van der Waals surface area contributed by atoms with Crippen LogP contribution < -0.4 is 14.2 Å². The highest BCUT2D eigenvalue weighted by Gasteiger charge is 2.33. The Labute approximate surface area is 259 Å². The molecule has 7 rings (SSSR count). The van der Waals surface area contributed by atoms with Crippen molar-refractivity contribution >= 4 is 0 Å². The molecule has 3 aliphatic heterocycles. The Morgan fingerprint density at radius 1 is 0.455 bits per heavy atom. The lowest BCUT2D eigenvalue weighted by Gasteiger charge is -2.33. The van der Waals surface area contributed by atoms with E-state index >= 15 is 0 Å². The van der Waals surface area contributed by atoms with E-state index in [1.54, 1.807) is 0 Å². The van der Waals surface area contributed by atoms with Crippen LogP contribution in [0.5, 0.6) is 17.2 Å². The van der Waals surface area contributed by atoms with Gasteiger partial charge in [-0.2, -0.15) is 0 Å². The smallest absolute Gasteiger partial charge is 0.119 e. The fourth-order valence-corrected chi connectivity index (χ4v) is 5.68. The fourth-order valence-electron chi connectivity index (χ4n) is 5.68. The van der Waals surface area contributed by atoms with Crippen LogP contribution in [-0.4, -0.2) is 58.0 Å². The Kier molecular flexibility index (Phi) is 7.83. The van der Waals surface area contributed by atoms with Crippen LogP contribution >= 0.6 is 0 Å². The van der Waals surface area contributed by atoms with E-state index in [9.17, 15) is 0 Å². The Balaban J connectivity index is 1.15. The molecule has 4 aromatic rings. The van der Waals surface area contributed by atoms with Crippen molar-refractivity contribution in [2.45, 2.75) is 49.9 Å². The zero-order chi connectivity index (χ0) is 30.1. The van der Waals surface area contributed by atoms with Gasteiger partial charge in [-0.15, -0.1) is 0 Å². The molecule has 0 aromatic heterocycles. The monoisotopic (exact) mass is 592 g/mol. The normalized spacial score (nSPS) is 21.7. The van der Waals surface area contributed by atoms with Crippen molar-refractivity contribution in [3.05, 3.63) is 125 Å². The average Bonchev–Trinajstić information content (AvgIpc) is 3.91. The molecule has 3 aliphatic rings. The number of hydrogen-bond acceptors (Lipinski definition) is 6. The van der Waals surface area contributed by atoms with Crippen molar-refractivity contribution in [3.8, 4) is 17.2 Å². The van der Waals surface area contributed by atoms with E-state index in [1.165, 1.54) is 27.8 Å². The minimum absolute atomic E-state index is 0.179. The molecular formula is C38H40O6. The lowest BCUT2D eigenvalue weighted by Crippen LogP contribution is -2.26. The lowest BCUT2D eigenvalue weighted by atomic mass is 9.70. The molecule has 4 aromatic carbocycles. The third kappa shape index (κ3) is 6.48. The predicted molar refractivity (Wildman–Crippen MR) is 169 cm³/mol. The van der Waals surface area contributed by atoms with E-state index in [-0.39, 0.29) is 23.7 Å². The molecule has 6 heteroatoms. The second kappa shape index (κ2) is 11.9. The molecule has 3 heterocycles. The van der Waals surface area contributed by atoms with E-state index in [0.29, 0.717) is 19.8 Å². The molecule has 0 N–H and O–H groups in total. The van der Waals surface area contributed by atoms with E-state index in [1.807, 2.05) is 0 Å². The topological polar surface area (TPSA) is 65.3 Å². The number of epoxide rings is 3. The summed E-state index contributed by atoms with van der Waals surface area (Å²) in [7, 11) is 0. The first-order chi connectivity index (χ1) is 21.4. The molecule has 0 radical (unpaired) electrons. The third-order valence-electron chi connectivity index (χ3n) is 9.14. The van der Waals surface area contributed by atoms with E-state index in [2.05, 4.69) is 118 Å². The Bertz CT molecular complexity index is 1470. The van der Waals surface area contributed by atoms with Gasteiger partial charge in [-0.1, -0.05) is 74.5 Å². The molecule has 0 spiro atoms. The van der Waals surface area contributed by atoms with Crippen LogP contribution in [0.25, 0.3) is 0 Å². The molecule has 3 unspecified atom stereocenters. The summed E-state index contributed by atoms with van der Waals surface area (Å²) in [5, 5.41) is 0. The van der Waals surface area contributed by atoms with Gasteiger partial charge in [-0.3, -0.25) is 0 Å². The van der Waals surface area contributed by atoms with Crippen LogP contribution in [0.4, 0.5) is 0 Å². The second-order valence-electron chi connectivity index (χ2n) is 12.7. The van der Waals surface area contributed by atoms with Crippen molar-refractivity contribution in [2.24, 2.45) is 0 Å². The van der Waals surface area contributed by atoms with Crippen molar-refractivity contribution in [3.63, 3.8) is 0 Å². The summed E-state index contributed by atoms with van der Waals surface area (Å²) in [6, 6.07) is 34.5. The van der Waals surface area contributed by atoms with Gasteiger partial charge in [0.05, 0.1) is 19.8 Å². The first kappa shape index (κ1) is 28.9. The maximum absolute atomic E-state index is 5.94. The molecular weight excluding hydrogens is 552 g/mol. The van der Waals surface area contributed by atoms with E-state index in [0.717, 1.165) is 37.1 Å². The number of benzene rings is 4. The van der Waals surface area contributed by atoms with Crippen LogP contribution in [0.1, 0.15) is 48.6 Å². The summed E-state index contributed by atoms with van der Waals surface area (Å²) in [5.41, 5.74) is 5.50. The van der Waals surface area contributed by atoms with Gasteiger partial charge >= 0.3 is 0 Å². The molecule has 4 atom stereocenters. The van der Waals surface area contributed by atoms with Crippen LogP contribution in [0.2, 0.25) is 0 Å². The molecule has 0 bridgehead atoms. The zero-order valence-electron chi connectivity index (χ0n) is 25.7. The van der Waals surface area contributed by atoms with Gasteiger partial charge in [0.25, 0.3) is 0 Å². The fraction of sp³-hybridized carbons (Fsp3) is 0.368. The van der Waals surface area contributed by atoms with Gasteiger partial charge in [-0.25, -0.2) is 0 Å². The molecule has 228 valence electrons. The Hall–Kier alpha value is -3.84. The van der Waals surface area contributed by atoms with Gasteiger partial charge in [0, 0.05) is 10.8 Å². The molecule has 0 aliphatic carbocycles. The molecule has 3 fully saturated rings. The van der Waals surface area contributed by atoms with E-state index in [4.69, 9.17) is 28.4 Å². The molecule has 3 saturated heterocycles. The molecule has 6 nitrogen and oxygen atoms in total. The van der Waals surface area contributed by atoms with Crippen molar-refractivity contribution in [1.82, 2.24) is 0 Å². The summed E-state index contributed by atoms with van der Waals surface area (Å²) in [5.74, 6) is 2.58. The maximum Gasteiger partial charge on any atom is 0.119 e. The number of ether oxygens (including phenoxy) is 6. The van der Waals surface area contributed by atoms with Crippen LogP contribution in [0.3, 0.4) is 0 Å². The minimum atomic E-state index is -0.400. The Morgan fingerprint density at radius 2 is 0.705 bits per heavy atom. The predicted octanol–water partition coefficient (Wildman–Crippen LogP) is 6.70. The molecule has 0 saturated carbocycles. The highest BCUT2D eigenvalue weighted by molar-refractivity contribution is 5.52. The van der Waals surface area contributed by atoms with Gasteiger partial charge in [0.1, 0.15) is 55.4 Å². The van der Waals surface area contributed by atoms with Gasteiger partial charge in [0.15, 0.2) is 0 Å². The maximum atomic E-state index is 5.94. The summed E-state index contributed by atoms with van der Waals surface area (Å²) < 4.78 is 33.6. The van der Waals surface area contributed by atoms with Crippen molar-refractivity contribution < 1.29 is 28.4 Å². The summed E-state index contributed by atoms with van der Waals surface area (Å²) in [6.07, 6.45) is 0.699. The highest BCUT2D eigenvalue weighted by atomic mass is 16.6. The van der Waals surface area contributed by atoms with Crippen molar-refractivity contribution in [2.75, 3.05) is 39.6 Å². The quantitative estimate of drug-likeness (QED) is 0.120. The summed E-state index contributed by atoms with van der Waals surface area (Å²) >= 11 is 0. The number of hydrogen-bond donors (Lipinski definition) is 0. The SMILES string of the molecule is CC(C)(c1ccc(OCC2CO2)cc1)c1ccc(C(C)(c2ccc(OCC3CO3)cc2)c2ccc(OC[C@@H]3CO3)cc2)cc1. The second-order valence-corrected chi connectivity index (χ2v) is 12.7. The standard InChI is InChI=1S/C38H40O6/c1-37(2,27-8-14-31(15-9-27)39-20-34-23-42-34)26-4-6-28(7-5-26)38(3,29-10-16-32(17-11-29)40-21-35-24-43-35)30-12-18-33(19-13-30)41-22-36-25-44-36/h4-19,34-36H,20-25H2,1-3H3/t34?,35-,36?,38?/m1/s1. The summed E-state index contributed by atoms with van der Waals surface area (Å²) in [6.45, 7) is 11.0. The summed E-state index contributed by atoms with van der Waals surface area (Å²) in [4.78, 5) is 0. The number of rotatable bonds is 14.